The Morgan fingerprint density at radius 2 is 2.18 bits per heavy atom. The van der Waals surface area contributed by atoms with Gasteiger partial charge in [-0.1, -0.05) is 0 Å². The van der Waals surface area contributed by atoms with Crippen molar-refractivity contribution in [1.82, 2.24) is 15.0 Å². The van der Waals surface area contributed by atoms with E-state index in [1.54, 1.807) is 6.20 Å². The molecule has 11 heavy (non-hydrogen) atoms. The second-order valence-corrected chi connectivity index (χ2v) is 3.69. The third-order valence-corrected chi connectivity index (χ3v) is 2.29. The Morgan fingerprint density at radius 1 is 1.36 bits per heavy atom. The summed E-state index contributed by atoms with van der Waals surface area (Å²) in [6, 6.07) is 0. The molecular formula is C6H3Br2N3. The van der Waals surface area contributed by atoms with E-state index in [2.05, 4.69) is 46.8 Å². The van der Waals surface area contributed by atoms with Crippen LogP contribution in [0.3, 0.4) is 0 Å². The van der Waals surface area contributed by atoms with Crippen LogP contribution in [-0.2, 0) is 0 Å². The van der Waals surface area contributed by atoms with Crippen molar-refractivity contribution in [2.24, 2.45) is 0 Å². The van der Waals surface area contributed by atoms with Gasteiger partial charge in [0.25, 0.3) is 0 Å². The summed E-state index contributed by atoms with van der Waals surface area (Å²) in [5.74, 6) is 0. The van der Waals surface area contributed by atoms with Gasteiger partial charge >= 0.3 is 0 Å². The predicted octanol–water partition coefficient (Wildman–Crippen LogP) is 2.48. The Kier molecular flexibility index (Phi) is 1.69. The number of aromatic nitrogens is 3. The van der Waals surface area contributed by atoms with Crippen LogP contribution in [0.5, 0.6) is 0 Å². The SMILES string of the molecule is Brc1cnc2[nH]cc(Br)c2n1. The molecular weight excluding hydrogens is 274 g/mol. The van der Waals surface area contributed by atoms with Gasteiger partial charge in [0.15, 0.2) is 5.65 Å². The van der Waals surface area contributed by atoms with Crippen molar-refractivity contribution in [2.75, 3.05) is 0 Å². The van der Waals surface area contributed by atoms with E-state index in [-0.39, 0.29) is 0 Å². The summed E-state index contributed by atoms with van der Waals surface area (Å²) in [7, 11) is 0. The van der Waals surface area contributed by atoms with Gasteiger partial charge in [0.1, 0.15) is 10.1 Å². The Hall–Kier alpha value is -0.420. The fourth-order valence-corrected chi connectivity index (χ4v) is 1.51. The van der Waals surface area contributed by atoms with E-state index in [0.29, 0.717) is 0 Å². The van der Waals surface area contributed by atoms with Gasteiger partial charge in [-0.3, -0.25) is 0 Å². The highest BCUT2D eigenvalue weighted by Crippen LogP contribution is 2.20. The van der Waals surface area contributed by atoms with E-state index in [1.165, 1.54) is 0 Å². The number of H-pyrrole nitrogens is 1. The van der Waals surface area contributed by atoms with Crippen molar-refractivity contribution in [1.29, 1.82) is 0 Å². The normalized spacial score (nSPS) is 10.7. The van der Waals surface area contributed by atoms with Gasteiger partial charge in [-0.05, 0) is 31.9 Å². The molecule has 0 unspecified atom stereocenters. The molecule has 0 saturated heterocycles. The topological polar surface area (TPSA) is 41.6 Å². The average molecular weight is 277 g/mol. The molecule has 2 heterocycles. The molecule has 5 heteroatoms. The zero-order valence-corrected chi connectivity index (χ0v) is 8.48. The smallest absolute Gasteiger partial charge is 0.157 e. The van der Waals surface area contributed by atoms with Crippen LogP contribution in [0.4, 0.5) is 0 Å². The molecule has 0 saturated carbocycles. The number of hydrogen-bond donors (Lipinski definition) is 1. The zero-order valence-electron chi connectivity index (χ0n) is 5.31. The number of aromatic amines is 1. The number of hydrogen-bond acceptors (Lipinski definition) is 2. The molecule has 0 aliphatic heterocycles. The zero-order chi connectivity index (χ0) is 7.84. The monoisotopic (exact) mass is 275 g/mol. The summed E-state index contributed by atoms with van der Waals surface area (Å²) in [5, 5.41) is 0. The second-order valence-electron chi connectivity index (χ2n) is 2.03. The van der Waals surface area contributed by atoms with Crippen molar-refractivity contribution >= 4 is 43.0 Å². The summed E-state index contributed by atoms with van der Waals surface area (Å²) < 4.78 is 1.67. The summed E-state index contributed by atoms with van der Waals surface area (Å²) in [5.41, 5.74) is 1.64. The average Bonchev–Trinajstić information content (AvgIpc) is 2.33. The Balaban J connectivity index is 2.87. The third kappa shape index (κ3) is 1.18. The molecule has 3 nitrogen and oxygen atoms in total. The molecule has 2 aromatic rings. The Labute approximate surface area is 79.5 Å². The number of fused-ring (bicyclic) bond motifs is 1. The molecule has 0 atom stereocenters. The molecule has 0 aliphatic carbocycles. The van der Waals surface area contributed by atoms with E-state index in [9.17, 15) is 0 Å². The van der Waals surface area contributed by atoms with Crippen molar-refractivity contribution in [3.63, 3.8) is 0 Å². The van der Waals surface area contributed by atoms with Crippen molar-refractivity contribution in [3.8, 4) is 0 Å². The Bertz CT molecular complexity index is 396. The first-order chi connectivity index (χ1) is 5.27. The van der Waals surface area contributed by atoms with Crippen LogP contribution >= 0.6 is 31.9 Å². The lowest BCUT2D eigenvalue weighted by Crippen LogP contribution is -1.80. The van der Waals surface area contributed by atoms with Crippen LogP contribution in [-0.4, -0.2) is 15.0 Å². The standard InChI is InChI=1S/C6H3Br2N3/c7-3-1-9-6-5(3)11-4(8)2-10-6/h1-2H,(H,9,10). The summed E-state index contributed by atoms with van der Waals surface area (Å²) in [6.45, 7) is 0. The number of nitrogens with one attached hydrogen (secondary N) is 1. The lowest BCUT2D eigenvalue weighted by atomic mass is 10.5. The maximum atomic E-state index is 4.21. The highest BCUT2D eigenvalue weighted by molar-refractivity contribution is 9.11. The van der Waals surface area contributed by atoms with Gasteiger partial charge in [-0.2, -0.15) is 0 Å². The molecule has 2 rings (SSSR count). The highest BCUT2D eigenvalue weighted by atomic mass is 79.9. The van der Waals surface area contributed by atoms with E-state index in [0.717, 1.165) is 20.2 Å². The molecule has 0 aromatic carbocycles. The first-order valence-electron chi connectivity index (χ1n) is 2.92. The van der Waals surface area contributed by atoms with Gasteiger partial charge in [-0.15, -0.1) is 0 Å². The number of halogens is 2. The van der Waals surface area contributed by atoms with Crippen molar-refractivity contribution < 1.29 is 0 Å². The van der Waals surface area contributed by atoms with Crippen LogP contribution in [0.1, 0.15) is 0 Å². The van der Waals surface area contributed by atoms with Gasteiger partial charge in [-0.25, -0.2) is 9.97 Å². The number of rotatable bonds is 0. The van der Waals surface area contributed by atoms with E-state index >= 15 is 0 Å². The van der Waals surface area contributed by atoms with E-state index < -0.39 is 0 Å². The third-order valence-electron chi connectivity index (χ3n) is 1.30. The van der Waals surface area contributed by atoms with Crippen LogP contribution in [0, 0.1) is 0 Å². The van der Waals surface area contributed by atoms with Crippen LogP contribution in [0.25, 0.3) is 11.2 Å². The van der Waals surface area contributed by atoms with Gasteiger partial charge in [0.05, 0.1) is 10.7 Å². The minimum absolute atomic E-state index is 0.741. The summed E-state index contributed by atoms with van der Waals surface area (Å²) >= 11 is 6.59. The van der Waals surface area contributed by atoms with Gasteiger partial charge in [0.2, 0.25) is 0 Å². The Morgan fingerprint density at radius 3 is 3.00 bits per heavy atom. The largest absolute Gasteiger partial charge is 0.344 e. The van der Waals surface area contributed by atoms with Crippen LogP contribution < -0.4 is 0 Å². The molecule has 56 valence electrons. The molecule has 0 aliphatic rings. The van der Waals surface area contributed by atoms with Crippen molar-refractivity contribution in [3.05, 3.63) is 21.5 Å². The number of nitrogens with zero attached hydrogens (tertiary/aromatic N) is 2. The molecule has 0 amide bonds. The first kappa shape index (κ1) is 7.24. The molecule has 0 fully saturated rings. The summed E-state index contributed by atoms with van der Waals surface area (Å²) in [4.78, 5) is 11.3. The molecule has 1 N–H and O–H groups in total. The van der Waals surface area contributed by atoms with Gasteiger partial charge < -0.3 is 4.98 Å². The minimum Gasteiger partial charge on any atom is -0.344 e. The molecule has 2 aromatic heterocycles. The maximum absolute atomic E-state index is 4.21. The van der Waals surface area contributed by atoms with E-state index in [4.69, 9.17) is 0 Å². The highest BCUT2D eigenvalue weighted by Gasteiger charge is 2.02. The summed E-state index contributed by atoms with van der Waals surface area (Å²) in [6.07, 6.45) is 3.47. The lowest BCUT2D eigenvalue weighted by Gasteiger charge is -1.89. The van der Waals surface area contributed by atoms with Crippen LogP contribution in [0.2, 0.25) is 0 Å². The predicted molar refractivity (Wildman–Crippen MR) is 49.3 cm³/mol. The minimum atomic E-state index is 0.741. The lowest BCUT2D eigenvalue weighted by molar-refractivity contribution is 1.23. The van der Waals surface area contributed by atoms with Crippen molar-refractivity contribution in [2.45, 2.75) is 0 Å². The first-order valence-corrected chi connectivity index (χ1v) is 4.51. The molecule has 0 bridgehead atoms. The quantitative estimate of drug-likeness (QED) is 0.803. The maximum Gasteiger partial charge on any atom is 0.157 e. The second kappa shape index (κ2) is 2.57. The molecule has 0 spiro atoms. The van der Waals surface area contributed by atoms with Crippen LogP contribution in [0.15, 0.2) is 21.5 Å². The fourth-order valence-electron chi connectivity index (χ4n) is 0.840. The molecule has 0 radical (unpaired) electrons. The van der Waals surface area contributed by atoms with Gasteiger partial charge in [0, 0.05) is 6.20 Å². The van der Waals surface area contributed by atoms with E-state index in [1.807, 2.05) is 6.20 Å². The fraction of sp³-hybridized carbons (Fsp3) is 0.